The molecule has 0 saturated carbocycles. The summed E-state index contributed by atoms with van der Waals surface area (Å²) >= 11 is 0. The molecule has 1 aromatic heterocycles. The fourth-order valence-corrected chi connectivity index (χ4v) is 2.21. The van der Waals surface area contributed by atoms with E-state index >= 15 is 0 Å². The van der Waals surface area contributed by atoms with Crippen LogP contribution in [0.2, 0.25) is 0 Å². The molecule has 0 unspecified atom stereocenters. The Balaban J connectivity index is 2.15. The van der Waals surface area contributed by atoms with Crippen LogP contribution in [0.4, 0.5) is 5.69 Å². The van der Waals surface area contributed by atoms with Gasteiger partial charge in [0.05, 0.1) is 17.1 Å². The lowest BCUT2D eigenvalue weighted by Crippen LogP contribution is -2.06. The number of nitrogens with zero attached hydrogens (tertiary/aromatic N) is 2. The number of rotatable bonds is 4. The minimum atomic E-state index is 0.399. The second-order valence-electron chi connectivity index (χ2n) is 4.92. The van der Waals surface area contributed by atoms with Gasteiger partial charge in [0, 0.05) is 12.6 Å². The molecule has 3 nitrogen and oxygen atoms in total. The maximum atomic E-state index is 4.58. The molecule has 0 aliphatic heterocycles. The third kappa shape index (κ3) is 2.55. The number of anilines is 1. The van der Waals surface area contributed by atoms with Gasteiger partial charge in [-0.15, -0.1) is 0 Å². The number of benzene rings is 1. The second-order valence-corrected chi connectivity index (χ2v) is 4.92. The van der Waals surface area contributed by atoms with Gasteiger partial charge in [0.1, 0.15) is 0 Å². The number of hydrogen-bond acceptors (Lipinski definition) is 2. The maximum Gasteiger partial charge on any atom is 0.0828 e. The zero-order chi connectivity index (χ0) is 13.1. The van der Waals surface area contributed by atoms with E-state index in [9.17, 15) is 0 Å². The van der Waals surface area contributed by atoms with Crippen molar-refractivity contribution in [1.29, 1.82) is 0 Å². The molecule has 0 aliphatic carbocycles. The molecule has 0 aliphatic rings. The van der Waals surface area contributed by atoms with E-state index in [0.717, 1.165) is 17.9 Å². The van der Waals surface area contributed by atoms with Crippen molar-refractivity contribution >= 4 is 5.69 Å². The van der Waals surface area contributed by atoms with Gasteiger partial charge in [-0.2, -0.15) is 5.10 Å². The standard InChI is InChI=1S/C15H21N3/c1-11(2)18-13(4)15(12(3)17-18)16-10-14-8-6-5-7-9-14/h5-9,11,16H,10H2,1-4H3. The van der Waals surface area contributed by atoms with Crippen LogP contribution in [0, 0.1) is 13.8 Å². The monoisotopic (exact) mass is 243 g/mol. The second kappa shape index (κ2) is 5.25. The molecule has 0 amide bonds. The van der Waals surface area contributed by atoms with Crippen molar-refractivity contribution in [2.75, 3.05) is 5.32 Å². The van der Waals surface area contributed by atoms with Crippen LogP contribution >= 0.6 is 0 Å². The Morgan fingerprint density at radius 2 is 1.83 bits per heavy atom. The summed E-state index contributed by atoms with van der Waals surface area (Å²) in [5, 5.41) is 8.07. The molecule has 1 heterocycles. The highest BCUT2D eigenvalue weighted by atomic mass is 15.3. The van der Waals surface area contributed by atoms with Crippen LogP contribution in [0.5, 0.6) is 0 Å². The van der Waals surface area contributed by atoms with Gasteiger partial charge in [0.15, 0.2) is 0 Å². The summed E-state index contributed by atoms with van der Waals surface area (Å²) in [6.07, 6.45) is 0. The first-order chi connectivity index (χ1) is 8.59. The van der Waals surface area contributed by atoms with Gasteiger partial charge in [-0.1, -0.05) is 30.3 Å². The summed E-state index contributed by atoms with van der Waals surface area (Å²) in [6, 6.07) is 10.8. The molecule has 3 heteroatoms. The minimum absolute atomic E-state index is 0.399. The Morgan fingerprint density at radius 1 is 1.17 bits per heavy atom. The Bertz CT molecular complexity index is 512. The van der Waals surface area contributed by atoms with Crippen LogP contribution in [0.1, 0.15) is 36.8 Å². The first kappa shape index (κ1) is 12.7. The van der Waals surface area contributed by atoms with Crippen LogP contribution in [-0.4, -0.2) is 9.78 Å². The first-order valence-electron chi connectivity index (χ1n) is 6.43. The minimum Gasteiger partial charge on any atom is -0.378 e. The van der Waals surface area contributed by atoms with Crippen molar-refractivity contribution in [1.82, 2.24) is 9.78 Å². The molecule has 0 atom stereocenters. The first-order valence-corrected chi connectivity index (χ1v) is 6.43. The fourth-order valence-electron chi connectivity index (χ4n) is 2.21. The van der Waals surface area contributed by atoms with Crippen molar-refractivity contribution in [2.24, 2.45) is 0 Å². The molecular formula is C15H21N3. The summed E-state index contributed by atoms with van der Waals surface area (Å²) < 4.78 is 2.07. The molecule has 0 saturated heterocycles. The summed E-state index contributed by atoms with van der Waals surface area (Å²) in [6.45, 7) is 9.32. The van der Waals surface area contributed by atoms with E-state index in [-0.39, 0.29) is 0 Å². The van der Waals surface area contributed by atoms with Crippen LogP contribution < -0.4 is 5.32 Å². The van der Waals surface area contributed by atoms with Gasteiger partial charge in [-0.25, -0.2) is 0 Å². The van der Waals surface area contributed by atoms with Gasteiger partial charge >= 0.3 is 0 Å². The lowest BCUT2D eigenvalue weighted by Gasteiger charge is -2.10. The van der Waals surface area contributed by atoms with E-state index in [1.807, 2.05) is 6.07 Å². The Kier molecular flexibility index (Phi) is 3.70. The predicted molar refractivity (Wildman–Crippen MR) is 75.9 cm³/mol. The molecule has 0 fully saturated rings. The molecule has 1 N–H and O–H groups in total. The van der Waals surface area contributed by atoms with Gasteiger partial charge in [0.2, 0.25) is 0 Å². The van der Waals surface area contributed by atoms with E-state index in [1.165, 1.54) is 11.3 Å². The number of hydrogen-bond donors (Lipinski definition) is 1. The highest BCUT2D eigenvalue weighted by molar-refractivity contribution is 5.52. The van der Waals surface area contributed by atoms with Crippen molar-refractivity contribution in [3.05, 3.63) is 47.3 Å². The van der Waals surface area contributed by atoms with E-state index < -0.39 is 0 Å². The van der Waals surface area contributed by atoms with Gasteiger partial charge in [0.25, 0.3) is 0 Å². The number of aromatic nitrogens is 2. The normalized spacial score (nSPS) is 10.9. The smallest absolute Gasteiger partial charge is 0.0828 e. The van der Waals surface area contributed by atoms with E-state index in [1.54, 1.807) is 0 Å². The lowest BCUT2D eigenvalue weighted by molar-refractivity contribution is 0.516. The van der Waals surface area contributed by atoms with E-state index in [0.29, 0.717) is 6.04 Å². The Labute approximate surface area is 109 Å². The van der Waals surface area contributed by atoms with Gasteiger partial charge in [-0.3, -0.25) is 4.68 Å². The number of aryl methyl sites for hydroxylation is 1. The quantitative estimate of drug-likeness (QED) is 0.887. The SMILES string of the molecule is Cc1nn(C(C)C)c(C)c1NCc1ccccc1. The molecule has 96 valence electrons. The molecule has 18 heavy (non-hydrogen) atoms. The Hall–Kier alpha value is -1.77. The zero-order valence-corrected chi connectivity index (χ0v) is 11.6. The Morgan fingerprint density at radius 3 is 2.39 bits per heavy atom. The summed E-state index contributed by atoms with van der Waals surface area (Å²) in [4.78, 5) is 0. The molecule has 0 radical (unpaired) electrons. The predicted octanol–water partition coefficient (Wildman–Crippen LogP) is 3.69. The molecule has 2 aromatic rings. The van der Waals surface area contributed by atoms with Gasteiger partial charge < -0.3 is 5.32 Å². The van der Waals surface area contributed by atoms with Crippen LogP contribution in [-0.2, 0) is 6.54 Å². The summed E-state index contributed by atoms with van der Waals surface area (Å²) in [5.74, 6) is 0. The third-order valence-electron chi connectivity index (χ3n) is 3.13. The van der Waals surface area contributed by atoms with Crippen LogP contribution in [0.3, 0.4) is 0 Å². The summed E-state index contributed by atoms with van der Waals surface area (Å²) in [7, 11) is 0. The molecule has 2 rings (SSSR count). The molecule has 1 aromatic carbocycles. The molecule has 0 bridgehead atoms. The van der Waals surface area contributed by atoms with Crippen molar-refractivity contribution in [2.45, 2.75) is 40.3 Å². The van der Waals surface area contributed by atoms with Crippen LogP contribution in [0.25, 0.3) is 0 Å². The maximum absolute atomic E-state index is 4.58. The summed E-state index contributed by atoms with van der Waals surface area (Å²) in [5.41, 5.74) is 4.72. The van der Waals surface area contributed by atoms with Crippen molar-refractivity contribution in [3.8, 4) is 0 Å². The van der Waals surface area contributed by atoms with Gasteiger partial charge in [-0.05, 0) is 33.3 Å². The van der Waals surface area contributed by atoms with E-state index in [2.05, 4.69) is 67.1 Å². The van der Waals surface area contributed by atoms with Crippen LogP contribution in [0.15, 0.2) is 30.3 Å². The fraction of sp³-hybridized carbons (Fsp3) is 0.400. The van der Waals surface area contributed by atoms with E-state index in [4.69, 9.17) is 0 Å². The highest BCUT2D eigenvalue weighted by Crippen LogP contribution is 2.22. The average molecular weight is 243 g/mol. The molecule has 0 spiro atoms. The third-order valence-corrected chi connectivity index (χ3v) is 3.13. The zero-order valence-electron chi connectivity index (χ0n) is 11.6. The number of nitrogens with one attached hydrogen (secondary N) is 1. The largest absolute Gasteiger partial charge is 0.378 e. The van der Waals surface area contributed by atoms with Crippen molar-refractivity contribution < 1.29 is 0 Å². The highest BCUT2D eigenvalue weighted by Gasteiger charge is 2.12. The molecular weight excluding hydrogens is 222 g/mol. The van der Waals surface area contributed by atoms with Crippen molar-refractivity contribution in [3.63, 3.8) is 0 Å². The topological polar surface area (TPSA) is 29.9 Å². The average Bonchev–Trinajstić information content (AvgIpc) is 2.64. The lowest BCUT2D eigenvalue weighted by atomic mass is 10.2.